The summed E-state index contributed by atoms with van der Waals surface area (Å²) in [6, 6.07) is 14.3. The summed E-state index contributed by atoms with van der Waals surface area (Å²) in [6.07, 6.45) is 24.8. The van der Waals surface area contributed by atoms with Crippen LogP contribution in [0.1, 0.15) is 216 Å². The van der Waals surface area contributed by atoms with E-state index in [1.54, 1.807) is 0 Å². The molecule has 9 heteroatoms. The van der Waals surface area contributed by atoms with E-state index < -0.39 is 5.60 Å². The first-order valence-corrected chi connectivity index (χ1v) is 27.0. The van der Waals surface area contributed by atoms with Crippen LogP contribution in [0.25, 0.3) is 22.1 Å². The Morgan fingerprint density at radius 1 is 0.636 bits per heavy atom. The molecule has 1 saturated heterocycles. The first kappa shape index (κ1) is 44.5. The number of hydrogen-bond acceptors (Lipinski definition) is 6. The maximum absolute atomic E-state index is 13.8. The first-order valence-electron chi connectivity index (χ1n) is 27.0. The van der Waals surface area contributed by atoms with Crippen LogP contribution in [-0.2, 0) is 14.3 Å². The fraction of sp³-hybridized carbons (Fsp3) is 0.702. The number of nitrogens with zero attached hydrogens (tertiary/aromatic N) is 3. The van der Waals surface area contributed by atoms with Crippen molar-refractivity contribution in [3.8, 4) is 0 Å². The third-order valence-electron chi connectivity index (χ3n) is 18.9. The van der Waals surface area contributed by atoms with Gasteiger partial charge in [0.15, 0.2) is 0 Å². The van der Waals surface area contributed by atoms with Crippen molar-refractivity contribution in [2.75, 3.05) is 0 Å². The van der Waals surface area contributed by atoms with Crippen molar-refractivity contribution in [1.29, 1.82) is 0 Å². The van der Waals surface area contributed by atoms with Gasteiger partial charge >= 0.3 is 6.09 Å². The minimum Gasteiger partial charge on any atom is -0.444 e. The Balaban J connectivity index is 0.801. The molecule has 1 amide bonds. The minimum absolute atomic E-state index is 0.0689. The Morgan fingerprint density at radius 2 is 1.20 bits per heavy atom. The number of carbonyl (C=O) groups excluding carboxylic acids is 3. The number of Topliss-reactive ketones (excluding diaryl/α,β-unsaturated/α-hetero) is 2. The van der Waals surface area contributed by atoms with Crippen molar-refractivity contribution in [2.45, 2.75) is 204 Å². The number of benzene rings is 2. The maximum atomic E-state index is 13.8. The normalized spacial score (nSPS) is 34.8. The molecule has 13 atom stereocenters. The van der Waals surface area contributed by atoms with Crippen molar-refractivity contribution in [3.05, 3.63) is 59.2 Å². The van der Waals surface area contributed by atoms with Crippen LogP contribution in [0.2, 0.25) is 0 Å². The van der Waals surface area contributed by atoms with Gasteiger partial charge < -0.3 is 14.7 Å². The third-order valence-corrected chi connectivity index (χ3v) is 18.9. The lowest BCUT2D eigenvalue weighted by atomic mass is 9.63. The molecule has 9 aliphatic carbocycles. The Labute approximate surface area is 393 Å². The number of nitrogens with one attached hydrogen (secondary N) is 2. The molecule has 66 heavy (non-hydrogen) atoms. The summed E-state index contributed by atoms with van der Waals surface area (Å²) in [6.45, 7) is 7.77. The Hall–Kier alpha value is -4.01. The number of ether oxygens (including phenoxy) is 1. The van der Waals surface area contributed by atoms with E-state index in [0.717, 1.165) is 71.2 Å². The summed E-state index contributed by atoms with van der Waals surface area (Å²) in [4.78, 5) is 60.1. The standard InChI is InChI=1S/C57H77N5O4/c1-5-41(63)32-52(64)53-42-12-8-6-10-37(42)28-45(53)54-58-46-24-22-38(29-48(46)60-54)43-26-33-14-18-35(43)19-15-34-17-21-36(20-16-33)44(27-34)39-23-25-47-49(30-39)61-55(59-47)51-31-40-11-7-9-13-50(40)62(51)56(65)66-57(2,3)4/h22-25,29-30,33-37,40,42-45,50-51,53H,5-21,26-28,31-32H2,1-4H3,(H,58,60)(H,59,61)/t33?,34?,35?,36?,37-,40-,42-,43?,44?,45+,50-,51-,53?/m0/s1. The van der Waals surface area contributed by atoms with Crippen LogP contribution in [-0.4, -0.2) is 54.1 Å². The van der Waals surface area contributed by atoms with Gasteiger partial charge in [-0.1, -0.05) is 76.8 Å². The summed E-state index contributed by atoms with van der Waals surface area (Å²) in [5.74, 6) is 7.63. The molecule has 1 aliphatic heterocycles. The third kappa shape index (κ3) is 8.69. The summed E-state index contributed by atoms with van der Waals surface area (Å²) in [5, 5.41) is 0. The quantitative estimate of drug-likeness (QED) is 0.170. The molecule has 4 aromatic rings. The van der Waals surface area contributed by atoms with E-state index in [2.05, 4.69) is 51.3 Å². The molecule has 2 aromatic heterocycles. The molecule has 7 unspecified atom stereocenters. The fourth-order valence-electron chi connectivity index (χ4n) is 15.7. The van der Waals surface area contributed by atoms with Gasteiger partial charge in [-0.25, -0.2) is 14.8 Å². The second kappa shape index (κ2) is 18.1. The van der Waals surface area contributed by atoms with E-state index in [9.17, 15) is 14.4 Å². The maximum Gasteiger partial charge on any atom is 0.411 e. The Morgan fingerprint density at radius 3 is 1.80 bits per heavy atom. The van der Waals surface area contributed by atoms with Crippen LogP contribution in [0, 0.1) is 47.3 Å². The number of rotatable bonds is 8. The molecule has 14 rings (SSSR count). The summed E-state index contributed by atoms with van der Waals surface area (Å²) < 4.78 is 6.02. The van der Waals surface area contributed by atoms with Gasteiger partial charge in [-0.2, -0.15) is 0 Å². The van der Waals surface area contributed by atoms with E-state index >= 15 is 0 Å². The molecule has 9 saturated carbocycles. The van der Waals surface area contributed by atoms with E-state index in [4.69, 9.17) is 14.7 Å². The Bertz CT molecular complexity index is 2430. The van der Waals surface area contributed by atoms with Gasteiger partial charge in [-0.15, -0.1) is 0 Å². The number of ketones is 2. The van der Waals surface area contributed by atoms with Gasteiger partial charge in [0.05, 0.1) is 34.5 Å². The zero-order chi connectivity index (χ0) is 45.3. The topological polar surface area (TPSA) is 121 Å². The van der Waals surface area contributed by atoms with Crippen LogP contribution >= 0.6 is 0 Å². The zero-order valence-electron chi connectivity index (χ0n) is 40.5. The lowest BCUT2D eigenvalue weighted by Crippen LogP contribution is -2.43. The van der Waals surface area contributed by atoms with Crippen molar-refractivity contribution < 1.29 is 19.1 Å². The van der Waals surface area contributed by atoms with E-state index in [1.165, 1.54) is 114 Å². The van der Waals surface area contributed by atoms with Gasteiger partial charge in [0.2, 0.25) is 0 Å². The monoisotopic (exact) mass is 896 g/mol. The summed E-state index contributed by atoms with van der Waals surface area (Å²) in [7, 11) is 0. The lowest BCUT2D eigenvalue weighted by Gasteiger charge is -2.42. The largest absolute Gasteiger partial charge is 0.444 e. The van der Waals surface area contributed by atoms with Gasteiger partial charge in [0.1, 0.15) is 28.8 Å². The molecule has 4 bridgehead atoms. The van der Waals surface area contributed by atoms with Gasteiger partial charge in [0.25, 0.3) is 0 Å². The van der Waals surface area contributed by atoms with Crippen molar-refractivity contribution in [3.63, 3.8) is 0 Å². The highest BCUT2D eigenvalue weighted by molar-refractivity contribution is 6.00. The first-order chi connectivity index (χ1) is 32.0. The average Bonchev–Trinajstić information content (AvgIpc) is 4.11. The molecule has 10 aliphatic rings. The number of carbonyl (C=O) groups is 3. The van der Waals surface area contributed by atoms with Gasteiger partial charge in [-0.3, -0.25) is 14.5 Å². The fourth-order valence-corrected chi connectivity index (χ4v) is 15.7. The summed E-state index contributed by atoms with van der Waals surface area (Å²) in [5.41, 5.74) is 6.69. The zero-order valence-corrected chi connectivity index (χ0v) is 40.5. The second-order valence-corrected chi connectivity index (χ2v) is 23.9. The Kier molecular flexibility index (Phi) is 12.2. The number of likely N-dealkylation sites (tertiary alicyclic amines) is 1. The highest BCUT2D eigenvalue weighted by atomic mass is 16.6. The molecule has 0 spiro atoms. The predicted molar refractivity (Wildman–Crippen MR) is 260 cm³/mol. The molecule has 3 heterocycles. The number of fused-ring (bicyclic) bond motifs is 4. The molecule has 10 fully saturated rings. The highest BCUT2D eigenvalue weighted by Gasteiger charge is 2.50. The van der Waals surface area contributed by atoms with E-state index in [0.29, 0.717) is 47.8 Å². The van der Waals surface area contributed by atoms with Crippen LogP contribution in [0.5, 0.6) is 0 Å². The molecule has 354 valence electrons. The van der Waals surface area contributed by atoms with E-state index in [1.807, 2.05) is 27.7 Å². The van der Waals surface area contributed by atoms with Crippen molar-refractivity contribution in [2.24, 2.45) is 47.3 Å². The number of aromatic amines is 2. The van der Waals surface area contributed by atoms with Crippen molar-refractivity contribution >= 4 is 39.7 Å². The van der Waals surface area contributed by atoms with Crippen LogP contribution < -0.4 is 0 Å². The predicted octanol–water partition coefficient (Wildman–Crippen LogP) is 13.8. The number of aromatic nitrogens is 4. The van der Waals surface area contributed by atoms with E-state index in [-0.39, 0.29) is 48.0 Å². The number of H-pyrrole nitrogens is 2. The number of amides is 1. The smallest absolute Gasteiger partial charge is 0.411 e. The molecular weight excluding hydrogens is 819 g/mol. The van der Waals surface area contributed by atoms with Crippen LogP contribution in [0.4, 0.5) is 4.79 Å². The number of hydrogen-bond donors (Lipinski definition) is 2. The van der Waals surface area contributed by atoms with Gasteiger partial charge in [0, 0.05) is 24.3 Å². The lowest BCUT2D eigenvalue weighted by molar-refractivity contribution is -0.130. The average molecular weight is 896 g/mol. The molecule has 2 N–H and O–H groups in total. The molecule has 0 radical (unpaired) electrons. The molecular formula is C57H77N5O4. The molecule has 9 nitrogen and oxygen atoms in total. The van der Waals surface area contributed by atoms with Crippen molar-refractivity contribution in [1.82, 2.24) is 24.8 Å². The van der Waals surface area contributed by atoms with Crippen LogP contribution in [0.15, 0.2) is 36.4 Å². The second-order valence-electron chi connectivity index (χ2n) is 23.9. The molecule has 2 aromatic carbocycles. The van der Waals surface area contributed by atoms with Gasteiger partial charge in [-0.05, 0) is 180 Å². The SMILES string of the molecule is CCC(=O)CC(=O)C1[C@H]2CCCC[C@H]2C[C@H]1c1nc2ccc(C3CC4CCC3CCC3CCC(CC4)C(c4ccc5nc([C@@H]6C[C@@H]7CCCC[C@@H]7N6C(=O)OC(C)(C)C)[nH]c5c4)C3)cc2[nH]1. The minimum atomic E-state index is -0.533. The number of imidazole rings is 2. The summed E-state index contributed by atoms with van der Waals surface area (Å²) >= 11 is 0. The van der Waals surface area contributed by atoms with Crippen LogP contribution in [0.3, 0.4) is 0 Å². The highest BCUT2D eigenvalue weighted by Crippen LogP contribution is 2.55.